The topological polar surface area (TPSA) is 63.6 Å². The summed E-state index contributed by atoms with van der Waals surface area (Å²) in [6.45, 7) is 0. The van der Waals surface area contributed by atoms with E-state index in [4.69, 9.17) is 0 Å². The summed E-state index contributed by atoms with van der Waals surface area (Å²) in [4.78, 5) is -0.527. The molecule has 2 fully saturated rings. The van der Waals surface area contributed by atoms with E-state index in [9.17, 15) is 26.7 Å². The molecule has 0 amide bonds. The van der Waals surface area contributed by atoms with Crippen LogP contribution in [0.5, 0.6) is 5.75 Å². The monoisotopic (exact) mass is 392 g/mol. The molecule has 1 aromatic carbocycles. The van der Waals surface area contributed by atoms with Crippen LogP contribution in [0.1, 0.15) is 50.5 Å². The maximum Gasteiger partial charge on any atom is 0.573 e. The highest BCUT2D eigenvalue weighted by Gasteiger charge is 2.50. The molecule has 26 heavy (non-hydrogen) atoms. The van der Waals surface area contributed by atoms with Gasteiger partial charge in [-0.2, -0.15) is 0 Å². The number of aliphatic hydroxyl groups is 1. The highest BCUT2D eigenvalue weighted by molar-refractivity contribution is 7.90. The van der Waals surface area contributed by atoms with Gasteiger partial charge in [-0.15, -0.1) is 13.2 Å². The molecule has 1 N–H and O–H groups in total. The van der Waals surface area contributed by atoms with Crippen LogP contribution in [0.4, 0.5) is 13.2 Å². The Hall–Kier alpha value is -1.28. The summed E-state index contributed by atoms with van der Waals surface area (Å²) in [7, 11) is -3.90. The summed E-state index contributed by atoms with van der Waals surface area (Å²) < 4.78 is 66.0. The average Bonchev–Trinajstić information content (AvgIpc) is 3.37. The van der Waals surface area contributed by atoms with Crippen LogP contribution in [0.25, 0.3) is 0 Å². The number of sulfone groups is 1. The Morgan fingerprint density at radius 2 is 1.62 bits per heavy atom. The standard InChI is InChI=1S/C18H23F3O4S/c1-26(23,24)16-10-9-14(11-15(16)25-18(19,20)21)17(22,13-7-8-13)12-5-3-2-4-6-12/h9-13,22H,2-8H2,1H3. The van der Waals surface area contributed by atoms with Gasteiger partial charge in [-0.05, 0) is 55.2 Å². The van der Waals surface area contributed by atoms with Crippen LogP contribution >= 0.6 is 0 Å². The molecule has 2 aliphatic carbocycles. The molecule has 0 radical (unpaired) electrons. The fourth-order valence-electron chi connectivity index (χ4n) is 4.14. The van der Waals surface area contributed by atoms with Crippen molar-refractivity contribution in [3.05, 3.63) is 23.8 Å². The zero-order valence-electron chi connectivity index (χ0n) is 14.6. The Morgan fingerprint density at radius 3 is 2.12 bits per heavy atom. The largest absolute Gasteiger partial charge is 0.573 e. The van der Waals surface area contributed by atoms with Crippen molar-refractivity contribution in [3.63, 3.8) is 0 Å². The zero-order valence-corrected chi connectivity index (χ0v) is 15.4. The summed E-state index contributed by atoms with van der Waals surface area (Å²) >= 11 is 0. The van der Waals surface area contributed by atoms with Crippen molar-refractivity contribution >= 4 is 9.84 Å². The van der Waals surface area contributed by atoms with Gasteiger partial charge in [0.2, 0.25) is 0 Å². The Kier molecular flexibility index (Phi) is 5.03. The molecule has 146 valence electrons. The number of rotatable bonds is 5. The number of alkyl halides is 3. The lowest BCUT2D eigenvalue weighted by Gasteiger charge is -2.39. The predicted octanol–water partition coefficient (Wildman–Crippen LogP) is 4.17. The molecule has 1 atom stereocenters. The normalized spacial score (nSPS) is 22.0. The smallest absolute Gasteiger partial charge is 0.404 e. The highest BCUT2D eigenvalue weighted by Crippen LogP contribution is 2.54. The van der Waals surface area contributed by atoms with Gasteiger partial charge in [0.1, 0.15) is 10.6 Å². The van der Waals surface area contributed by atoms with Gasteiger partial charge < -0.3 is 9.84 Å². The second-order valence-electron chi connectivity index (χ2n) is 7.42. The van der Waals surface area contributed by atoms with Crippen molar-refractivity contribution in [1.82, 2.24) is 0 Å². The van der Waals surface area contributed by atoms with Gasteiger partial charge in [0.15, 0.2) is 9.84 Å². The van der Waals surface area contributed by atoms with E-state index in [0.29, 0.717) is 5.56 Å². The first kappa shape index (κ1) is 19.5. The van der Waals surface area contributed by atoms with Gasteiger partial charge in [0.25, 0.3) is 0 Å². The van der Waals surface area contributed by atoms with Gasteiger partial charge in [0.05, 0.1) is 5.60 Å². The molecule has 2 saturated carbocycles. The molecule has 1 aromatic rings. The number of halogens is 3. The number of benzene rings is 1. The quantitative estimate of drug-likeness (QED) is 0.817. The molecule has 1 unspecified atom stereocenters. The van der Waals surface area contributed by atoms with E-state index in [1.54, 1.807) is 0 Å². The Labute approximate surface area is 151 Å². The van der Waals surface area contributed by atoms with Gasteiger partial charge in [-0.3, -0.25) is 0 Å². The van der Waals surface area contributed by atoms with Crippen molar-refractivity contribution in [2.75, 3.05) is 6.26 Å². The SMILES string of the molecule is CS(=O)(=O)c1ccc(C(O)(C2CCCCC2)C2CC2)cc1OC(F)(F)F. The lowest BCUT2D eigenvalue weighted by atomic mass is 9.71. The average molecular weight is 392 g/mol. The first-order chi connectivity index (χ1) is 12.0. The Balaban J connectivity index is 2.06. The van der Waals surface area contributed by atoms with Gasteiger partial charge in [-0.1, -0.05) is 25.3 Å². The van der Waals surface area contributed by atoms with Crippen LogP contribution in [0, 0.1) is 11.8 Å². The molecule has 4 nitrogen and oxygen atoms in total. The van der Waals surface area contributed by atoms with E-state index < -0.39 is 32.4 Å². The van der Waals surface area contributed by atoms with Crippen LogP contribution in [0.3, 0.4) is 0 Å². The molecule has 0 aliphatic heterocycles. The molecule has 0 bridgehead atoms. The van der Waals surface area contributed by atoms with Crippen molar-refractivity contribution in [1.29, 1.82) is 0 Å². The number of hydrogen-bond donors (Lipinski definition) is 1. The number of hydrogen-bond acceptors (Lipinski definition) is 4. The van der Waals surface area contributed by atoms with E-state index in [1.165, 1.54) is 6.07 Å². The molecular formula is C18H23F3O4S. The summed E-state index contributed by atoms with van der Waals surface area (Å²) in [6.07, 6.45) is 2.13. The maximum absolute atomic E-state index is 12.8. The fraction of sp³-hybridized carbons (Fsp3) is 0.667. The lowest BCUT2D eigenvalue weighted by molar-refractivity contribution is -0.275. The third kappa shape index (κ3) is 4.01. The van der Waals surface area contributed by atoms with Crippen molar-refractivity contribution in [3.8, 4) is 5.75 Å². The van der Waals surface area contributed by atoms with E-state index in [1.807, 2.05) is 0 Å². The fourth-order valence-corrected chi connectivity index (χ4v) is 4.92. The molecule has 3 rings (SSSR count). The lowest BCUT2D eigenvalue weighted by Crippen LogP contribution is -2.38. The van der Waals surface area contributed by atoms with Gasteiger partial charge in [0, 0.05) is 6.26 Å². The summed E-state index contributed by atoms with van der Waals surface area (Å²) in [5.74, 6) is -0.813. The van der Waals surface area contributed by atoms with Crippen molar-refractivity contribution in [2.24, 2.45) is 11.8 Å². The third-order valence-electron chi connectivity index (χ3n) is 5.46. The van der Waals surface area contributed by atoms with Gasteiger partial charge >= 0.3 is 6.36 Å². The minimum Gasteiger partial charge on any atom is -0.404 e. The number of ether oxygens (including phenoxy) is 1. The summed E-state index contributed by atoms with van der Waals surface area (Å²) in [5, 5.41) is 11.5. The van der Waals surface area contributed by atoms with Crippen LogP contribution in [-0.2, 0) is 15.4 Å². The van der Waals surface area contributed by atoms with E-state index in [2.05, 4.69) is 4.74 Å². The molecule has 0 aromatic heterocycles. The third-order valence-corrected chi connectivity index (χ3v) is 6.59. The Morgan fingerprint density at radius 1 is 1.04 bits per heavy atom. The second kappa shape index (κ2) is 6.71. The first-order valence-electron chi connectivity index (χ1n) is 8.84. The van der Waals surface area contributed by atoms with Crippen LogP contribution in [0.2, 0.25) is 0 Å². The van der Waals surface area contributed by atoms with Crippen molar-refractivity contribution < 1.29 is 31.4 Å². The predicted molar refractivity (Wildman–Crippen MR) is 89.4 cm³/mol. The molecule has 0 heterocycles. The molecule has 0 spiro atoms. The molecular weight excluding hydrogens is 369 g/mol. The molecule has 2 aliphatic rings. The first-order valence-corrected chi connectivity index (χ1v) is 10.7. The maximum atomic E-state index is 12.8. The summed E-state index contributed by atoms with van der Waals surface area (Å²) in [5.41, 5.74) is -0.918. The minimum absolute atomic E-state index is 0.00609. The van der Waals surface area contributed by atoms with Crippen LogP contribution < -0.4 is 4.74 Å². The van der Waals surface area contributed by atoms with E-state index >= 15 is 0 Å². The van der Waals surface area contributed by atoms with Crippen LogP contribution in [-0.4, -0.2) is 26.1 Å². The summed E-state index contributed by atoms with van der Waals surface area (Å²) in [6, 6.07) is 3.62. The Bertz CT molecular complexity index is 765. The minimum atomic E-state index is -5.01. The van der Waals surface area contributed by atoms with Crippen molar-refractivity contribution in [2.45, 2.75) is 61.8 Å². The highest BCUT2D eigenvalue weighted by atomic mass is 32.2. The van der Waals surface area contributed by atoms with E-state index in [0.717, 1.165) is 63.3 Å². The zero-order chi connectivity index (χ0) is 19.2. The van der Waals surface area contributed by atoms with Gasteiger partial charge in [-0.25, -0.2) is 8.42 Å². The van der Waals surface area contributed by atoms with Crippen LogP contribution in [0.15, 0.2) is 23.1 Å². The molecule has 0 saturated heterocycles. The molecule has 8 heteroatoms. The van der Waals surface area contributed by atoms with E-state index in [-0.39, 0.29) is 11.8 Å². The second-order valence-corrected chi connectivity index (χ2v) is 9.40.